The van der Waals surface area contributed by atoms with E-state index in [-0.39, 0.29) is 12.0 Å². The summed E-state index contributed by atoms with van der Waals surface area (Å²) in [5.41, 5.74) is 1.18. The third-order valence-electron chi connectivity index (χ3n) is 3.88. The first kappa shape index (κ1) is 14.8. The van der Waals surface area contributed by atoms with Crippen LogP contribution in [0.15, 0.2) is 42.7 Å². The molecule has 3 rings (SSSR count). The van der Waals surface area contributed by atoms with Gasteiger partial charge in [-0.25, -0.2) is 4.98 Å². The number of anilines is 1. The van der Waals surface area contributed by atoms with E-state index in [1.807, 2.05) is 29.0 Å². The fourth-order valence-corrected chi connectivity index (χ4v) is 2.69. The molecule has 0 radical (unpaired) electrons. The molecule has 0 bridgehead atoms. The Morgan fingerprint density at radius 1 is 1.36 bits per heavy atom. The number of imidazole rings is 1. The van der Waals surface area contributed by atoms with Crippen molar-refractivity contribution < 1.29 is 9.53 Å². The van der Waals surface area contributed by atoms with Crippen molar-refractivity contribution >= 4 is 11.9 Å². The molecular weight excluding hydrogens is 278 g/mol. The first-order valence-electron chi connectivity index (χ1n) is 7.78. The lowest BCUT2D eigenvalue weighted by Crippen LogP contribution is -2.18. The largest absolute Gasteiger partial charge is 0.378 e. The number of nitrogens with zero attached hydrogens (tertiary/aromatic N) is 2. The lowest BCUT2D eigenvalue weighted by atomic mass is 10.1. The molecule has 1 aromatic heterocycles. The summed E-state index contributed by atoms with van der Waals surface area (Å²) < 4.78 is 7.48. The average Bonchev–Trinajstić information content (AvgIpc) is 3.19. The fraction of sp³-hybridized carbons (Fsp3) is 0.412. The highest BCUT2D eigenvalue weighted by molar-refractivity contribution is 5.89. The minimum absolute atomic E-state index is 0.00369. The number of hydrogen-bond donors (Lipinski definition) is 1. The molecule has 116 valence electrons. The van der Waals surface area contributed by atoms with Gasteiger partial charge in [-0.1, -0.05) is 30.3 Å². The maximum absolute atomic E-state index is 12.1. The SMILES string of the molecule is O=C(CCC1CCCO1)Nc1nccn1Cc1ccccc1. The summed E-state index contributed by atoms with van der Waals surface area (Å²) in [5.74, 6) is 0.595. The van der Waals surface area contributed by atoms with Gasteiger partial charge < -0.3 is 9.30 Å². The predicted molar refractivity (Wildman–Crippen MR) is 84.6 cm³/mol. The zero-order chi connectivity index (χ0) is 15.2. The Labute approximate surface area is 130 Å². The van der Waals surface area contributed by atoms with Crippen molar-refractivity contribution in [1.82, 2.24) is 9.55 Å². The quantitative estimate of drug-likeness (QED) is 0.892. The molecule has 22 heavy (non-hydrogen) atoms. The summed E-state index contributed by atoms with van der Waals surface area (Å²) in [5, 5.41) is 2.89. The molecule has 1 atom stereocenters. The van der Waals surface area contributed by atoms with E-state index in [0.29, 0.717) is 18.9 Å². The normalized spacial score (nSPS) is 17.5. The zero-order valence-electron chi connectivity index (χ0n) is 12.6. The van der Waals surface area contributed by atoms with E-state index < -0.39 is 0 Å². The van der Waals surface area contributed by atoms with Crippen molar-refractivity contribution in [2.24, 2.45) is 0 Å². The van der Waals surface area contributed by atoms with Gasteiger partial charge in [0.15, 0.2) is 0 Å². The van der Waals surface area contributed by atoms with Crippen LogP contribution in [0.3, 0.4) is 0 Å². The van der Waals surface area contributed by atoms with Gasteiger partial charge in [0.1, 0.15) is 0 Å². The molecule has 1 aliphatic rings. The summed E-state index contributed by atoms with van der Waals surface area (Å²) in [6, 6.07) is 10.1. The standard InChI is InChI=1S/C17H21N3O2/c21-16(9-8-15-7-4-12-22-15)19-17-18-10-11-20(17)13-14-5-2-1-3-6-14/h1-3,5-6,10-11,15H,4,7-9,12-13H2,(H,18,19,21). The summed E-state index contributed by atoms with van der Waals surface area (Å²) >= 11 is 0. The summed E-state index contributed by atoms with van der Waals surface area (Å²) in [7, 11) is 0. The summed E-state index contributed by atoms with van der Waals surface area (Å²) in [6.07, 6.45) is 7.26. The van der Waals surface area contributed by atoms with E-state index >= 15 is 0 Å². The Morgan fingerprint density at radius 2 is 2.23 bits per heavy atom. The van der Waals surface area contributed by atoms with E-state index in [1.54, 1.807) is 6.20 Å². The van der Waals surface area contributed by atoms with Crippen molar-refractivity contribution in [2.75, 3.05) is 11.9 Å². The van der Waals surface area contributed by atoms with Gasteiger partial charge >= 0.3 is 0 Å². The first-order chi connectivity index (χ1) is 10.8. The average molecular weight is 299 g/mol. The third-order valence-corrected chi connectivity index (χ3v) is 3.88. The van der Waals surface area contributed by atoms with Gasteiger partial charge in [-0.3, -0.25) is 10.1 Å². The van der Waals surface area contributed by atoms with Crippen LogP contribution in [0.5, 0.6) is 0 Å². The molecule has 1 amide bonds. The number of ether oxygens (including phenoxy) is 1. The molecule has 2 heterocycles. The molecule has 5 heteroatoms. The second-order valence-electron chi connectivity index (χ2n) is 5.59. The maximum Gasteiger partial charge on any atom is 0.226 e. The minimum atomic E-state index is -0.00369. The van der Waals surface area contributed by atoms with Crippen LogP contribution in [0.1, 0.15) is 31.2 Å². The third kappa shape index (κ3) is 3.95. The van der Waals surface area contributed by atoms with Crippen LogP contribution in [0.25, 0.3) is 0 Å². The summed E-state index contributed by atoms with van der Waals surface area (Å²) in [6.45, 7) is 1.52. The Bertz CT molecular complexity index is 603. The second kappa shape index (κ2) is 7.22. The molecule has 1 unspecified atom stereocenters. The van der Waals surface area contributed by atoms with Gasteiger partial charge in [0.05, 0.1) is 12.6 Å². The lowest BCUT2D eigenvalue weighted by Gasteiger charge is -2.11. The molecule has 5 nitrogen and oxygen atoms in total. The van der Waals surface area contributed by atoms with Crippen LogP contribution in [0.4, 0.5) is 5.95 Å². The maximum atomic E-state index is 12.1. The monoisotopic (exact) mass is 299 g/mol. The molecule has 1 saturated heterocycles. The molecular formula is C17H21N3O2. The highest BCUT2D eigenvalue weighted by Gasteiger charge is 2.17. The topological polar surface area (TPSA) is 56.1 Å². The van der Waals surface area contributed by atoms with Crippen LogP contribution in [0.2, 0.25) is 0 Å². The second-order valence-corrected chi connectivity index (χ2v) is 5.59. The van der Waals surface area contributed by atoms with E-state index in [9.17, 15) is 4.79 Å². The van der Waals surface area contributed by atoms with Gasteiger partial charge in [-0.15, -0.1) is 0 Å². The summed E-state index contributed by atoms with van der Waals surface area (Å²) in [4.78, 5) is 16.3. The first-order valence-corrected chi connectivity index (χ1v) is 7.78. The molecule has 0 spiro atoms. The van der Waals surface area contributed by atoms with Crippen LogP contribution >= 0.6 is 0 Å². The molecule has 0 aliphatic carbocycles. The Morgan fingerprint density at radius 3 is 3.00 bits per heavy atom. The Kier molecular flexibility index (Phi) is 4.85. The van der Waals surface area contributed by atoms with Gasteiger partial charge in [-0.05, 0) is 24.8 Å². The van der Waals surface area contributed by atoms with Gasteiger partial charge in [0.2, 0.25) is 11.9 Å². The number of aromatic nitrogens is 2. The van der Waals surface area contributed by atoms with Crippen LogP contribution in [-0.4, -0.2) is 28.2 Å². The number of nitrogens with one attached hydrogen (secondary N) is 1. The van der Waals surface area contributed by atoms with Crippen molar-refractivity contribution in [2.45, 2.75) is 38.3 Å². The number of carbonyl (C=O) groups is 1. The Hall–Kier alpha value is -2.14. The number of hydrogen-bond acceptors (Lipinski definition) is 3. The highest BCUT2D eigenvalue weighted by atomic mass is 16.5. The van der Waals surface area contributed by atoms with E-state index in [1.165, 1.54) is 5.56 Å². The predicted octanol–water partition coefficient (Wildman–Crippen LogP) is 2.83. The molecule has 2 aromatic rings. The van der Waals surface area contributed by atoms with E-state index in [0.717, 1.165) is 25.9 Å². The van der Waals surface area contributed by atoms with Crippen LogP contribution in [-0.2, 0) is 16.1 Å². The number of carbonyl (C=O) groups excluding carboxylic acids is 1. The van der Waals surface area contributed by atoms with Crippen molar-refractivity contribution in [3.63, 3.8) is 0 Å². The molecule has 1 N–H and O–H groups in total. The van der Waals surface area contributed by atoms with Crippen molar-refractivity contribution in [1.29, 1.82) is 0 Å². The van der Waals surface area contributed by atoms with E-state index in [2.05, 4.69) is 22.4 Å². The molecule has 1 aliphatic heterocycles. The molecule has 0 saturated carbocycles. The minimum Gasteiger partial charge on any atom is -0.378 e. The van der Waals surface area contributed by atoms with Crippen molar-refractivity contribution in [3.8, 4) is 0 Å². The number of rotatable bonds is 6. The van der Waals surface area contributed by atoms with Gasteiger partial charge in [0.25, 0.3) is 0 Å². The zero-order valence-corrected chi connectivity index (χ0v) is 12.6. The van der Waals surface area contributed by atoms with Gasteiger partial charge in [0, 0.05) is 25.4 Å². The molecule has 1 fully saturated rings. The van der Waals surface area contributed by atoms with Crippen molar-refractivity contribution in [3.05, 3.63) is 48.3 Å². The van der Waals surface area contributed by atoms with Crippen LogP contribution in [0, 0.1) is 0 Å². The highest BCUT2D eigenvalue weighted by Crippen LogP contribution is 2.17. The number of benzene rings is 1. The van der Waals surface area contributed by atoms with Crippen LogP contribution < -0.4 is 5.32 Å². The fourth-order valence-electron chi connectivity index (χ4n) is 2.69. The Balaban J connectivity index is 1.54. The lowest BCUT2D eigenvalue weighted by molar-refractivity contribution is -0.116. The van der Waals surface area contributed by atoms with E-state index in [4.69, 9.17) is 4.74 Å². The van der Waals surface area contributed by atoms with Gasteiger partial charge in [-0.2, -0.15) is 0 Å². The number of amides is 1. The molecule has 1 aromatic carbocycles. The smallest absolute Gasteiger partial charge is 0.226 e.